The number of carbonyl (C=O) groups excluding carboxylic acids is 1. The molecule has 0 atom stereocenters. The summed E-state index contributed by atoms with van der Waals surface area (Å²) in [7, 11) is 0. The number of halogens is 2. The Balaban J connectivity index is 1.19. The number of nitrogens with one attached hydrogen (secondary N) is 1. The number of likely N-dealkylation sites (tertiary alicyclic amines) is 2. The number of benzene rings is 2. The van der Waals surface area contributed by atoms with Crippen LogP contribution in [0.2, 0.25) is 10.0 Å². The zero-order chi connectivity index (χ0) is 21.6. The molecule has 2 saturated heterocycles. The summed E-state index contributed by atoms with van der Waals surface area (Å²) in [6.45, 7) is 6.75. The predicted molar refractivity (Wildman–Crippen MR) is 127 cm³/mol. The van der Waals surface area contributed by atoms with E-state index in [-0.39, 0.29) is 11.8 Å². The van der Waals surface area contributed by atoms with E-state index in [0.717, 1.165) is 50.1 Å². The average molecular weight is 460 g/mol. The van der Waals surface area contributed by atoms with Crippen LogP contribution in [0.5, 0.6) is 0 Å². The Morgan fingerprint density at radius 3 is 2.06 bits per heavy atom. The second-order valence-electron chi connectivity index (χ2n) is 8.82. The zero-order valence-electron chi connectivity index (χ0n) is 18.0. The van der Waals surface area contributed by atoms with Crippen LogP contribution < -0.4 is 5.32 Å². The van der Waals surface area contributed by atoms with Crippen molar-refractivity contribution in [3.8, 4) is 0 Å². The van der Waals surface area contributed by atoms with Crippen molar-refractivity contribution < 1.29 is 4.79 Å². The number of nitrogens with zero attached hydrogens (tertiary/aromatic N) is 2. The van der Waals surface area contributed by atoms with Crippen molar-refractivity contribution in [3.05, 3.63) is 69.2 Å². The molecule has 166 valence electrons. The minimum atomic E-state index is 0.0968. The Kier molecular flexibility index (Phi) is 7.89. The quantitative estimate of drug-likeness (QED) is 0.623. The monoisotopic (exact) mass is 459 g/mol. The summed E-state index contributed by atoms with van der Waals surface area (Å²) in [5.74, 6) is 0.273. The highest BCUT2D eigenvalue weighted by molar-refractivity contribution is 6.42. The van der Waals surface area contributed by atoms with Gasteiger partial charge in [0.25, 0.3) is 0 Å². The maximum Gasteiger partial charge on any atom is 0.223 e. The van der Waals surface area contributed by atoms with Gasteiger partial charge in [-0.05, 0) is 80.7 Å². The van der Waals surface area contributed by atoms with Crippen molar-refractivity contribution in [2.75, 3.05) is 26.2 Å². The van der Waals surface area contributed by atoms with E-state index < -0.39 is 0 Å². The molecule has 2 aliphatic rings. The molecule has 2 aliphatic heterocycles. The molecule has 2 aromatic carbocycles. The Hall–Kier alpha value is -1.59. The lowest BCUT2D eigenvalue weighted by Gasteiger charge is -2.31. The van der Waals surface area contributed by atoms with E-state index in [1.165, 1.54) is 31.5 Å². The number of carbonyl (C=O) groups is 1. The molecule has 0 radical (unpaired) electrons. The lowest BCUT2D eigenvalue weighted by Crippen LogP contribution is -2.40. The summed E-state index contributed by atoms with van der Waals surface area (Å²) in [6.07, 6.45) is 4.42. The molecule has 0 spiro atoms. The van der Waals surface area contributed by atoms with Gasteiger partial charge >= 0.3 is 0 Å². The van der Waals surface area contributed by atoms with Crippen molar-refractivity contribution in [1.29, 1.82) is 0 Å². The third-order valence-corrected chi connectivity index (χ3v) is 7.18. The third kappa shape index (κ3) is 6.45. The summed E-state index contributed by atoms with van der Waals surface area (Å²) in [4.78, 5) is 17.5. The fraction of sp³-hybridized carbons (Fsp3) is 0.480. The topological polar surface area (TPSA) is 35.6 Å². The largest absolute Gasteiger partial charge is 0.352 e. The van der Waals surface area contributed by atoms with Crippen molar-refractivity contribution in [2.24, 2.45) is 5.92 Å². The first-order valence-corrected chi connectivity index (χ1v) is 12.1. The number of hydrogen-bond donors (Lipinski definition) is 1. The molecule has 31 heavy (non-hydrogen) atoms. The first kappa shape index (κ1) is 22.6. The number of amides is 1. The van der Waals surface area contributed by atoms with Crippen LogP contribution in [-0.2, 0) is 24.4 Å². The highest BCUT2D eigenvalue weighted by Gasteiger charge is 2.25. The maximum absolute atomic E-state index is 12.6. The van der Waals surface area contributed by atoms with Gasteiger partial charge in [0.2, 0.25) is 5.91 Å². The zero-order valence-corrected chi connectivity index (χ0v) is 19.5. The van der Waals surface area contributed by atoms with Gasteiger partial charge in [0.05, 0.1) is 10.0 Å². The molecular formula is C25H31Cl2N3O. The first-order valence-electron chi connectivity index (χ1n) is 11.3. The molecule has 0 unspecified atom stereocenters. The van der Waals surface area contributed by atoms with Crippen molar-refractivity contribution in [1.82, 2.24) is 15.1 Å². The van der Waals surface area contributed by atoms with E-state index in [1.54, 1.807) is 0 Å². The van der Waals surface area contributed by atoms with Gasteiger partial charge in [-0.15, -0.1) is 0 Å². The fourth-order valence-electron chi connectivity index (χ4n) is 4.54. The van der Waals surface area contributed by atoms with Gasteiger partial charge in [-0.3, -0.25) is 14.6 Å². The van der Waals surface area contributed by atoms with E-state index in [1.807, 2.05) is 18.2 Å². The molecule has 0 saturated carbocycles. The molecule has 1 amide bonds. The van der Waals surface area contributed by atoms with Crippen LogP contribution in [0.25, 0.3) is 0 Å². The summed E-state index contributed by atoms with van der Waals surface area (Å²) in [5, 5.41) is 4.32. The van der Waals surface area contributed by atoms with Gasteiger partial charge in [-0.2, -0.15) is 0 Å². The van der Waals surface area contributed by atoms with Crippen LogP contribution >= 0.6 is 23.2 Å². The molecule has 0 aliphatic carbocycles. The van der Waals surface area contributed by atoms with Crippen LogP contribution in [0.4, 0.5) is 0 Å². The van der Waals surface area contributed by atoms with Crippen molar-refractivity contribution >= 4 is 29.1 Å². The molecular weight excluding hydrogens is 429 g/mol. The highest BCUT2D eigenvalue weighted by Crippen LogP contribution is 2.25. The van der Waals surface area contributed by atoms with Crippen LogP contribution in [0.15, 0.2) is 42.5 Å². The smallest absolute Gasteiger partial charge is 0.223 e. The van der Waals surface area contributed by atoms with Gasteiger partial charge in [-0.25, -0.2) is 0 Å². The minimum absolute atomic E-state index is 0.0968. The lowest BCUT2D eigenvalue weighted by molar-refractivity contribution is -0.126. The highest BCUT2D eigenvalue weighted by atomic mass is 35.5. The van der Waals surface area contributed by atoms with E-state index in [4.69, 9.17) is 23.2 Å². The standard InChI is InChI=1S/C25H31Cl2N3O/c26-23-8-7-21(15-24(23)27)18-30-13-9-22(10-14-30)25(31)28-16-19-3-5-20(6-4-19)17-29-11-1-2-12-29/h3-8,15,22H,1-2,9-14,16-18H2,(H,28,31). The molecule has 6 heteroatoms. The van der Waals surface area contributed by atoms with Crippen LogP contribution in [0.1, 0.15) is 42.4 Å². The molecule has 2 heterocycles. The molecule has 2 fully saturated rings. The van der Waals surface area contributed by atoms with E-state index in [2.05, 4.69) is 39.4 Å². The molecule has 4 rings (SSSR count). The van der Waals surface area contributed by atoms with Crippen molar-refractivity contribution in [2.45, 2.75) is 45.3 Å². The number of piperidine rings is 1. The van der Waals surface area contributed by atoms with Gasteiger partial charge in [0.15, 0.2) is 0 Å². The molecule has 0 aromatic heterocycles. The van der Waals surface area contributed by atoms with Crippen LogP contribution in [0.3, 0.4) is 0 Å². The predicted octanol–water partition coefficient (Wildman–Crippen LogP) is 5.12. The van der Waals surface area contributed by atoms with E-state index >= 15 is 0 Å². The van der Waals surface area contributed by atoms with E-state index in [0.29, 0.717) is 16.6 Å². The Labute approximate surface area is 195 Å². The Bertz CT molecular complexity index is 873. The third-order valence-electron chi connectivity index (χ3n) is 6.44. The lowest BCUT2D eigenvalue weighted by atomic mass is 9.95. The summed E-state index contributed by atoms with van der Waals surface area (Å²) < 4.78 is 0. The number of rotatable bonds is 7. The Morgan fingerprint density at radius 1 is 0.806 bits per heavy atom. The molecule has 2 aromatic rings. The fourth-order valence-corrected chi connectivity index (χ4v) is 4.87. The SMILES string of the molecule is O=C(NCc1ccc(CN2CCCC2)cc1)C1CCN(Cc2ccc(Cl)c(Cl)c2)CC1. The van der Waals surface area contributed by atoms with Gasteiger partial charge in [-0.1, -0.05) is 53.5 Å². The van der Waals surface area contributed by atoms with Gasteiger partial charge in [0, 0.05) is 25.6 Å². The second kappa shape index (κ2) is 10.8. The normalized spacial score (nSPS) is 18.4. The molecule has 1 N–H and O–H groups in total. The Morgan fingerprint density at radius 2 is 1.39 bits per heavy atom. The molecule has 0 bridgehead atoms. The van der Waals surface area contributed by atoms with Crippen LogP contribution in [-0.4, -0.2) is 41.9 Å². The second-order valence-corrected chi connectivity index (χ2v) is 9.63. The minimum Gasteiger partial charge on any atom is -0.352 e. The van der Waals surface area contributed by atoms with Gasteiger partial charge < -0.3 is 5.32 Å². The molecule has 4 nitrogen and oxygen atoms in total. The summed E-state index contributed by atoms with van der Waals surface area (Å²) in [5.41, 5.74) is 3.67. The van der Waals surface area contributed by atoms with E-state index in [9.17, 15) is 4.79 Å². The summed E-state index contributed by atoms with van der Waals surface area (Å²) >= 11 is 12.1. The number of hydrogen-bond acceptors (Lipinski definition) is 3. The van der Waals surface area contributed by atoms with Crippen LogP contribution in [0, 0.1) is 5.92 Å². The van der Waals surface area contributed by atoms with Gasteiger partial charge in [0.1, 0.15) is 0 Å². The maximum atomic E-state index is 12.6. The van der Waals surface area contributed by atoms with Crippen molar-refractivity contribution in [3.63, 3.8) is 0 Å². The first-order chi connectivity index (χ1) is 15.1. The summed E-state index contributed by atoms with van der Waals surface area (Å²) in [6, 6.07) is 14.5. The average Bonchev–Trinajstić information content (AvgIpc) is 3.29.